The van der Waals surface area contributed by atoms with Crippen molar-refractivity contribution in [1.82, 2.24) is 0 Å². The number of aromatic hydroxyl groups is 1. The maximum atomic E-state index is 9.50. The van der Waals surface area contributed by atoms with Gasteiger partial charge in [-0.3, -0.25) is 0 Å². The highest BCUT2D eigenvalue weighted by Gasteiger charge is 2.09. The van der Waals surface area contributed by atoms with E-state index in [0.29, 0.717) is 5.75 Å². The molecular formula is C15H17NO. The average molecular weight is 227 g/mol. The maximum Gasteiger partial charge on any atom is 0.115 e. The van der Waals surface area contributed by atoms with Gasteiger partial charge in [0.2, 0.25) is 0 Å². The number of hydrogen-bond acceptors (Lipinski definition) is 2. The third-order valence-corrected chi connectivity index (χ3v) is 2.80. The van der Waals surface area contributed by atoms with Crippen LogP contribution in [0.3, 0.4) is 0 Å². The van der Waals surface area contributed by atoms with Crippen LogP contribution < -0.4 is 5.32 Å². The molecule has 0 saturated carbocycles. The summed E-state index contributed by atoms with van der Waals surface area (Å²) in [5, 5.41) is 13.0. The molecule has 0 spiro atoms. The van der Waals surface area contributed by atoms with E-state index in [2.05, 4.69) is 12.2 Å². The third kappa shape index (κ3) is 3.00. The van der Waals surface area contributed by atoms with Gasteiger partial charge < -0.3 is 10.4 Å². The van der Waals surface area contributed by atoms with Crippen molar-refractivity contribution in [2.24, 2.45) is 0 Å². The molecule has 0 saturated heterocycles. The molecule has 0 heterocycles. The summed E-state index contributed by atoms with van der Waals surface area (Å²) in [7, 11) is 0. The van der Waals surface area contributed by atoms with E-state index in [9.17, 15) is 5.11 Å². The van der Waals surface area contributed by atoms with Crippen LogP contribution in [0.5, 0.6) is 5.75 Å². The molecule has 0 fully saturated rings. The van der Waals surface area contributed by atoms with E-state index in [4.69, 9.17) is 0 Å². The van der Waals surface area contributed by atoms with E-state index in [1.54, 1.807) is 6.07 Å². The van der Waals surface area contributed by atoms with Crippen molar-refractivity contribution in [2.75, 3.05) is 5.32 Å². The smallest absolute Gasteiger partial charge is 0.115 e. The largest absolute Gasteiger partial charge is 0.508 e. The zero-order valence-electron chi connectivity index (χ0n) is 9.93. The van der Waals surface area contributed by atoms with Crippen LogP contribution >= 0.6 is 0 Å². The maximum absolute atomic E-state index is 9.50. The van der Waals surface area contributed by atoms with Gasteiger partial charge in [0.05, 0.1) is 6.04 Å². The molecule has 2 N–H and O–H groups in total. The average Bonchev–Trinajstić information content (AvgIpc) is 2.37. The van der Waals surface area contributed by atoms with Crippen molar-refractivity contribution in [2.45, 2.75) is 19.4 Å². The van der Waals surface area contributed by atoms with Crippen LogP contribution in [0, 0.1) is 0 Å². The number of benzene rings is 2. The second-order valence-corrected chi connectivity index (χ2v) is 4.07. The molecule has 0 aliphatic carbocycles. The second-order valence-electron chi connectivity index (χ2n) is 4.07. The molecule has 0 aliphatic rings. The van der Waals surface area contributed by atoms with E-state index in [1.807, 2.05) is 48.5 Å². The number of hydrogen-bond donors (Lipinski definition) is 2. The van der Waals surface area contributed by atoms with Crippen LogP contribution in [0.1, 0.15) is 24.9 Å². The minimum Gasteiger partial charge on any atom is -0.508 e. The van der Waals surface area contributed by atoms with Crippen molar-refractivity contribution in [3.05, 3.63) is 60.2 Å². The summed E-state index contributed by atoms with van der Waals surface area (Å²) < 4.78 is 0. The Morgan fingerprint density at radius 2 is 1.82 bits per heavy atom. The molecule has 0 radical (unpaired) electrons. The molecule has 0 bridgehead atoms. The minimum atomic E-state index is 0.226. The summed E-state index contributed by atoms with van der Waals surface area (Å²) in [6.45, 7) is 2.13. The SMILES string of the molecule is CCC(Nc1ccccc1)c1cccc(O)c1. The number of nitrogens with one attached hydrogen (secondary N) is 1. The van der Waals surface area contributed by atoms with Gasteiger partial charge in [-0.05, 0) is 36.2 Å². The molecule has 88 valence electrons. The lowest BCUT2D eigenvalue weighted by Gasteiger charge is -2.18. The molecule has 2 aromatic carbocycles. The van der Waals surface area contributed by atoms with E-state index in [-0.39, 0.29) is 6.04 Å². The predicted molar refractivity (Wildman–Crippen MR) is 71.2 cm³/mol. The summed E-state index contributed by atoms with van der Waals surface area (Å²) in [5.74, 6) is 0.316. The number of para-hydroxylation sites is 1. The van der Waals surface area contributed by atoms with Crippen molar-refractivity contribution in [3.8, 4) is 5.75 Å². The molecule has 1 unspecified atom stereocenters. The van der Waals surface area contributed by atoms with Gasteiger partial charge in [-0.15, -0.1) is 0 Å². The van der Waals surface area contributed by atoms with Gasteiger partial charge in [0.25, 0.3) is 0 Å². The zero-order chi connectivity index (χ0) is 12.1. The number of phenolic OH excluding ortho intramolecular Hbond substituents is 1. The molecule has 1 atom stereocenters. The molecular weight excluding hydrogens is 210 g/mol. The first-order valence-electron chi connectivity index (χ1n) is 5.90. The first-order valence-corrected chi connectivity index (χ1v) is 5.90. The van der Waals surface area contributed by atoms with Crippen molar-refractivity contribution >= 4 is 5.69 Å². The van der Waals surface area contributed by atoms with Crippen LogP contribution in [0.4, 0.5) is 5.69 Å². The van der Waals surface area contributed by atoms with Gasteiger partial charge in [-0.1, -0.05) is 37.3 Å². The fraction of sp³-hybridized carbons (Fsp3) is 0.200. The van der Waals surface area contributed by atoms with Crippen LogP contribution in [0.2, 0.25) is 0 Å². The molecule has 2 aromatic rings. The Balaban J connectivity index is 2.17. The van der Waals surface area contributed by atoms with E-state index in [1.165, 1.54) is 0 Å². The Labute approximate surface area is 102 Å². The molecule has 0 aromatic heterocycles. The second kappa shape index (κ2) is 5.39. The summed E-state index contributed by atoms with van der Waals surface area (Å²) >= 11 is 0. The molecule has 2 rings (SSSR count). The lowest BCUT2D eigenvalue weighted by atomic mass is 10.0. The van der Waals surface area contributed by atoms with E-state index in [0.717, 1.165) is 17.7 Å². The van der Waals surface area contributed by atoms with Crippen molar-refractivity contribution < 1.29 is 5.11 Å². The number of rotatable bonds is 4. The Bertz CT molecular complexity index is 467. The summed E-state index contributed by atoms with van der Waals surface area (Å²) in [6.07, 6.45) is 0.971. The normalized spacial score (nSPS) is 12.1. The third-order valence-electron chi connectivity index (χ3n) is 2.80. The molecule has 0 aliphatic heterocycles. The predicted octanol–water partition coefficient (Wildman–Crippen LogP) is 3.96. The van der Waals surface area contributed by atoms with Gasteiger partial charge in [0, 0.05) is 5.69 Å². The fourth-order valence-corrected chi connectivity index (χ4v) is 1.90. The highest BCUT2D eigenvalue weighted by molar-refractivity contribution is 5.45. The Kier molecular flexibility index (Phi) is 3.66. The van der Waals surface area contributed by atoms with Gasteiger partial charge in [0.1, 0.15) is 5.75 Å². The Morgan fingerprint density at radius 3 is 2.47 bits per heavy atom. The lowest BCUT2D eigenvalue weighted by Crippen LogP contribution is -2.09. The molecule has 0 amide bonds. The Morgan fingerprint density at radius 1 is 1.06 bits per heavy atom. The zero-order valence-corrected chi connectivity index (χ0v) is 9.93. The highest BCUT2D eigenvalue weighted by Crippen LogP contribution is 2.24. The van der Waals surface area contributed by atoms with Crippen LogP contribution in [0.25, 0.3) is 0 Å². The number of phenols is 1. The van der Waals surface area contributed by atoms with Gasteiger partial charge in [-0.2, -0.15) is 0 Å². The Hall–Kier alpha value is -1.96. The lowest BCUT2D eigenvalue weighted by molar-refractivity contribution is 0.474. The highest BCUT2D eigenvalue weighted by atomic mass is 16.3. The van der Waals surface area contributed by atoms with Gasteiger partial charge in [0.15, 0.2) is 0 Å². The fourth-order valence-electron chi connectivity index (χ4n) is 1.90. The molecule has 2 nitrogen and oxygen atoms in total. The standard InChI is InChI=1S/C15H17NO/c1-2-15(12-7-6-10-14(17)11-12)16-13-8-4-3-5-9-13/h3-11,15-17H,2H2,1H3. The summed E-state index contributed by atoms with van der Waals surface area (Å²) in [5.41, 5.74) is 2.21. The van der Waals surface area contributed by atoms with Crippen molar-refractivity contribution in [1.29, 1.82) is 0 Å². The van der Waals surface area contributed by atoms with Gasteiger partial charge in [-0.25, -0.2) is 0 Å². The monoisotopic (exact) mass is 227 g/mol. The topological polar surface area (TPSA) is 32.3 Å². The summed E-state index contributed by atoms with van der Waals surface area (Å²) in [4.78, 5) is 0. The van der Waals surface area contributed by atoms with Crippen LogP contribution in [-0.2, 0) is 0 Å². The molecule has 2 heteroatoms. The molecule has 17 heavy (non-hydrogen) atoms. The quantitative estimate of drug-likeness (QED) is 0.828. The minimum absolute atomic E-state index is 0.226. The summed E-state index contributed by atoms with van der Waals surface area (Å²) in [6, 6.07) is 17.8. The first-order chi connectivity index (χ1) is 8.29. The first kappa shape index (κ1) is 11.5. The van der Waals surface area contributed by atoms with E-state index >= 15 is 0 Å². The van der Waals surface area contributed by atoms with Crippen LogP contribution in [0.15, 0.2) is 54.6 Å². The van der Waals surface area contributed by atoms with Gasteiger partial charge >= 0.3 is 0 Å². The van der Waals surface area contributed by atoms with Crippen molar-refractivity contribution in [3.63, 3.8) is 0 Å². The van der Waals surface area contributed by atoms with Crippen LogP contribution in [-0.4, -0.2) is 5.11 Å². The van der Waals surface area contributed by atoms with E-state index < -0.39 is 0 Å². The number of anilines is 1.